The fourth-order valence-corrected chi connectivity index (χ4v) is 4.99. The SMILES string of the molecule is Cn1cc(CCCNC(=O)CCn2cnc3sc4c(c3c2=O)CCCC4)cn1. The van der Waals surface area contributed by atoms with E-state index in [9.17, 15) is 9.59 Å². The molecule has 1 aliphatic carbocycles. The predicted octanol–water partition coefficient (Wildman–Crippen LogP) is 2.21. The third-order valence-corrected chi connectivity index (χ3v) is 6.44. The fourth-order valence-electron chi connectivity index (χ4n) is 3.77. The van der Waals surface area contributed by atoms with Gasteiger partial charge >= 0.3 is 0 Å². The van der Waals surface area contributed by atoms with Crippen LogP contribution in [0.1, 0.15) is 41.7 Å². The predicted molar refractivity (Wildman–Crippen MR) is 110 cm³/mol. The van der Waals surface area contributed by atoms with Crippen molar-refractivity contribution >= 4 is 27.5 Å². The van der Waals surface area contributed by atoms with Crippen LogP contribution in [-0.4, -0.2) is 31.8 Å². The van der Waals surface area contributed by atoms with E-state index < -0.39 is 0 Å². The summed E-state index contributed by atoms with van der Waals surface area (Å²) < 4.78 is 3.36. The molecular formula is C20H25N5O2S. The molecule has 3 aromatic rings. The van der Waals surface area contributed by atoms with E-state index in [1.54, 1.807) is 26.9 Å². The monoisotopic (exact) mass is 399 g/mol. The van der Waals surface area contributed by atoms with E-state index in [-0.39, 0.29) is 17.9 Å². The number of hydrogen-bond donors (Lipinski definition) is 1. The number of aromatic nitrogens is 4. The molecule has 0 aliphatic heterocycles. The summed E-state index contributed by atoms with van der Waals surface area (Å²) >= 11 is 1.65. The molecule has 0 saturated carbocycles. The Kier molecular flexibility index (Phi) is 5.57. The van der Waals surface area contributed by atoms with Gasteiger partial charge in [0.15, 0.2) is 0 Å². The van der Waals surface area contributed by atoms with Crippen LogP contribution >= 0.6 is 11.3 Å². The zero-order chi connectivity index (χ0) is 19.5. The van der Waals surface area contributed by atoms with Gasteiger partial charge in [-0.3, -0.25) is 18.8 Å². The van der Waals surface area contributed by atoms with E-state index in [4.69, 9.17) is 0 Å². The molecule has 0 spiro atoms. The smallest absolute Gasteiger partial charge is 0.262 e. The summed E-state index contributed by atoms with van der Waals surface area (Å²) in [7, 11) is 1.89. The lowest BCUT2D eigenvalue weighted by Gasteiger charge is -2.10. The highest BCUT2D eigenvalue weighted by atomic mass is 32.1. The van der Waals surface area contributed by atoms with Gasteiger partial charge in [0.05, 0.1) is 17.9 Å². The number of carbonyl (C=O) groups excluding carboxylic acids is 1. The molecule has 3 heterocycles. The Labute approximate surface area is 167 Å². The second kappa shape index (κ2) is 8.26. The number of carbonyl (C=O) groups is 1. The van der Waals surface area contributed by atoms with E-state index in [2.05, 4.69) is 15.4 Å². The lowest BCUT2D eigenvalue weighted by atomic mass is 9.97. The summed E-state index contributed by atoms with van der Waals surface area (Å²) in [6.45, 7) is 0.985. The zero-order valence-corrected chi connectivity index (χ0v) is 16.9. The van der Waals surface area contributed by atoms with Crippen LogP contribution in [0, 0.1) is 0 Å². The maximum Gasteiger partial charge on any atom is 0.262 e. The normalized spacial score (nSPS) is 13.6. The summed E-state index contributed by atoms with van der Waals surface area (Å²) in [6, 6.07) is 0. The third kappa shape index (κ3) is 4.01. The van der Waals surface area contributed by atoms with Crippen LogP contribution < -0.4 is 10.9 Å². The van der Waals surface area contributed by atoms with Crippen molar-refractivity contribution in [3.8, 4) is 0 Å². The Morgan fingerprint density at radius 3 is 3.00 bits per heavy atom. The summed E-state index contributed by atoms with van der Waals surface area (Å²) in [5.74, 6) is -0.0365. The molecule has 0 radical (unpaired) electrons. The van der Waals surface area contributed by atoms with Crippen LogP contribution in [0.5, 0.6) is 0 Å². The largest absolute Gasteiger partial charge is 0.356 e. The Morgan fingerprint density at radius 1 is 1.32 bits per heavy atom. The lowest BCUT2D eigenvalue weighted by Crippen LogP contribution is -2.28. The number of amides is 1. The fraction of sp³-hybridized carbons (Fsp3) is 0.500. The molecular weight excluding hydrogens is 374 g/mol. The van der Waals surface area contributed by atoms with Gasteiger partial charge in [0.2, 0.25) is 5.91 Å². The molecule has 0 atom stereocenters. The van der Waals surface area contributed by atoms with E-state index in [1.165, 1.54) is 22.4 Å². The minimum atomic E-state index is -0.0365. The van der Waals surface area contributed by atoms with Gasteiger partial charge in [-0.25, -0.2) is 4.98 Å². The minimum Gasteiger partial charge on any atom is -0.356 e. The number of fused-ring (bicyclic) bond motifs is 3. The molecule has 0 fully saturated rings. The van der Waals surface area contributed by atoms with Gasteiger partial charge in [0.25, 0.3) is 5.56 Å². The highest BCUT2D eigenvalue weighted by Crippen LogP contribution is 2.33. The molecule has 1 aliphatic rings. The van der Waals surface area contributed by atoms with Crippen LogP contribution in [0.3, 0.4) is 0 Å². The average molecular weight is 400 g/mol. The van der Waals surface area contributed by atoms with Crippen molar-refractivity contribution in [3.05, 3.63) is 45.1 Å². The summed E-state index contributed by atoms with van der Waals surface area (Å²) in [5, 5.41) is 7.85. The molecule has 0 bridgehead atoms. The minimum absolute atomic E-state index is 0.00576. The second-order valence-corrected chi connectivity index (χ2v) is 8.44. The number of aryl methyl sites for hydroxylation is 5. The molecule has 1 N–H and O–H groups in total. The van der Waals surface area contributed by atoms with Crippen molar-refractivity contribution in [2.75, 3.05) is 6.54 Å². The van der Waals surface area contributed by atoms with E-state index in [0.717, 1.165) is 42.3 Å². The van der Waals surface area contributed by atoms with Gasteiger partial charge in [-0.2, -0.15) is 5.10 Å². The summed E-state index contributed by atoms with van der Waals surface area (Å²) in [6.07, 6.45) is 11.8. The highest BCUT2D eigenvalue weighted by molar-refractivity contribution is 7.18. The number of hydrogen-bond acceptors (Lipinski definition) is 5. The van der Waals surface area contributed by atoms with E-state index in [1.807, 2.05) is 19.4 Å². The lowest BCUT2D eigenvalue weighted by molar-refractivity contribution is -0.121. The molecule has 1 amide bonds. The molecule has 28 heavy (non-hydrogen) atoms. The molecule has 4 rings (SSSR count). The highest BCUT2D eigenvalue weighted by Gasteiger charge is 2.20. The van der Waals surface area contributed by atoms with Crippen molar-refractivity contribution in [1.29, 1.82) is 0 Å². The molecule has 0 saturated heterocycles. The molecule has 148 valence electrons. The standard InChI is InChI=1S/C20H25N5O2S/c1-24-12-14(11-23-24)5-4-9-21-17(26)8-10-25-13-22-19-18(20(25)27)15-6-2-3-7-16(15)28-19/h11-13H,2-10H2,1H3,(H,21,26). The van der Waals surface area contributed by atoms with Gasteiger partial charge in [-0.1, -0.05) is 0 Å². The quantitative estimate of drug-likeness (QED) is 0.618. The van der Waals surface area contributed by atoms with Crippen LogP contribution in [-0.2, 0) is 37.6 Å². The van der Waals surface area contributed by atoms with Crippen LogP contribution in [0.2, 0.25) is 0 Å². The van der Waals surface area contributed by atoms with E-state index >= 15 is 0 Å². The topological polar surface area (TPSA) is 81.8 Å². The van der Waals surface area contributed by atoms with Crippen LogP contribution in [0.15, 0.2) is 23.5 Å². The third-order valence-electron chi connectivity index (χ3n) is 5.24. The van der Waals surface area contributed by atoms with Gasteiger partial charge in [-0.15, -0.1) is 11.3 Å². The first-order valence-electron chi connectivity index (χ1n) is 9.86. The first-order chi connectivity index (χ1) is 13.6. The summed E-state index contributed by atoms with van der Waals surface area (Å²) in [4.78, 5) is 31.6. The first kappa shape index (κ1) is 18.9. The number of rotatable bonds is 7. The zero-order valence-electron chi connectivity index (χ0n) is 16.1. The Morgan fingerprint density at radius 2 is 2.18 bits per heavy atom. The molecule has 3 aromatic heterocycles. The Bertz CT molecular complexity index is 1050. The first-order valence-corrected chi connectivity index (χ1v) is 10.7. The van der Waals surface area contributed by atoms with Crippen molar-refractivity contribution < 1.29 is 4.79 Å². The summed E-state index contributed by atoms with van der Waals surface area (Å²) in [5.41, 5.74) is 2.36. The Balaban J connectivity index is 1.31. The second-order valence-electron chi connectivity index (χ2n) is 7.36. The maximum absolute atomic E-state index is 12.9. The van der Waals surface area contributed by atoms with Crippen LogP contribution in [0.4, 0.5) is 0 Å². The van der Waals surface area contributed by atoms with Gasteiger partial charge in [0, 0.05) is 37.6 Å². The van der Waals surface area contributed by atoms with E-state index in [0.29, 0.717) is 13.1 Å². The van der Waals surface area contributed by atoms with Crippen molar-refractivity contribution in [1.82, 2.24) is 24.6 Å². The van der Waals surface area contributed by atoms with Crippen molar-refractivity contribution in [3.63, 3.8) is 0 Å². The van der Waals surface area contributed by atoms with Crippen molar-refractivity contribution in [2.24, 2.45) is 7.05 Å². The van der Waals surface area contributed by atoms with Gasteiger partial charge in [0.1, 0.15) is 4.83 Å². The van der Waals surface area contributed by atoms with Crippen LogP contribution in [0.25, 0.3) is 10.2 Å². The van der Waals surface area contributed by atoms with Gasteiger partial charge in [-0.05, 0) is 49.7 Å². The van der Waals surface area contributed by atoms with Gasteiger partial charge < -0.3 is 5.32 Å². The molecule has 7 nitrogen and oxygen atoms in total. The number of nitrogens with one attached hydrogen (secondary N) is 1. The molecule has 0 unspecified atom stereocenters. The Hall–Kier alpha value is -2.48. The molecule has 0 aromatic carbocycles. The number of nitrogens with zero attached hydrogens (tertiary/aromatic N) is 4. The van der Waals surface area contributed by atoms with Crippen molar-refractivity contribution in [2.45, 2.75) is 51.5 Å². The average Bonchev–Trinajstić information content (AvgIpc) is 3.28. The number of thiophene rings is 1. The molecule has 8 heteroatoms. The maximum atomic E-state index is 12.9.